The number of anilines is 3. The van der Waals surface area contributed by atoms with Crippen molar-refractivity contribution in [2.45, 2.75) is 0 Å². The van der Waals surface area contributed by atoms with Gasteiger partial charge in [-0.05, 0) is 109 Å². The lowest BCUT2D eigenvalue weighted by atomic mass is 9.91. The monoisotopic (exact) mass is 717 g/mol. The van der Waals surface area contributed by atoms with Crippen LogP contribution in [0.4, 0.5) is 21.5 Å². The highest BCUT2D eigenvalue weighted by molar-refractivity contribution is 6.08. The van der Waals surface area contributed by atoms with E-state index < -0.39 is 0 Å². The van der Waals surface area contributed by atoms with Crippen molar-refractivity contribution < 1.29 is 4.39 Å². The summed E-state index contributed by atoms with van der Waals surface area (Å²) in [5.74, 6) is -0.221. The summed E-state index contributed by atoms with van der Waals surface area (Å²) in [6.07, 6.45) is 0. The second-order valence-electron chi connectivity index (χ2n) is 14.2. The van der Waals surface area contributed by atoms with E-state index in [4.69, 9.17) is 0 Å². The van der Waals surface area contributed by atoms with Crippen LogP contribution in [0.5, 0.6) is 0 Å². The minimum absolute atomic E-state index is 0.221. The van der Waals surface area contributed by atoms with E-state index in [1.807, 2.05) is 42.5 Å². The molecule has 0 saturated carbocycles. The zero-order valence-electron chi connectivity index (χ0n) is 30.6. The van der Waals surface area contributed by atoms with Crippen LogP contribution in [0.1, 0.15) is 0 Å². The molecule has 0 saturated heterocycles. The lowest BCUT2D eigenvalue weighted by Crippen LogP contribution is -2.10. The second kappa shape index (κ2) is 14.2. The molecule has 0 aliphatic rings. The van der Waals surface area contributed by atoms with E-state index in [2.05, 4.69) is 175 Å². The molecule has 10 aromatic carbocycles. The van der Waals surface area contributed by atoms with Crippen LogP contribution >= 0.6 is 0 Å². The Morgan fingerprint density at radius 1 is 0.286 bits per heavy atom. The summed E-state index contributed by atoms with van der Waals surface area (Å²) in [6, 6.07) is 76.2. The number of hydrogen-bond donors (Lipinski definition) is 0. The predicted octanol–water partition coefficient (Wildman–Crippen LogP) is 15.4. The maximum Gasteiger partial charge on any atom is 0.131 e. The zero-order valence-corrected chi connectivity index (χ0v) is 30.6. The predicted molar refractivity (Wildman–Crippen MR) is 235 cm³/mol. The summed E-state index contributed by atoms with van der Waals surface area (Å²) in [4.78, 5) is 2.35. The third kappa shape index (κ3) is 5.98. The smallest absolute Gasteiger partial charge is 0.131 e. The fourth-order valence-electron chi connectivity index (χ4n) is 8.25. The fraction of sp³-hybridized carbons (Fsp3) is 0. The van der Waals surface area contributed by atoms with Crippen LogP contribution in [0.3, 0.4) is 0 Å². The summed E-state index contributed by atoms with van der Waals surface area (Å²) in [5.41, 5.74) is 12.0. The minimum Gasteiger partial charge on any atom is -0.310 e. The highest BCUT2D eigenvalue weighted by Gasteiger charge is 2.19. The average molecular weight is 718 g/mol. The minimum atomic E-state index is -0.221. The van der Waals surface area contributed by atoms with Crippen molar-refractivity contribution in [3.05, 3.63) is 224 Å². The van der Waals surface area contributed by atoms with Gasteiger partial charge in [-0.1, -0.05) is 176 Å². The van der Waals surface area contributed by atoms with Crippen molar-refractivity contribution in [2.24, 2.45) is 0 Å². The molecule has 0 aromatic heterocycles. The molecule has 0 radical (unpaired) electrons. The number of rotatable bonds is 7. The maximum absolute atomic E-state index is 15.4. The molecule has 10 aromatic rings. The van der Waals surface area contributed by atoms with Crippen LogP contribution in [0, 0.1) is 5.82 Å². The standard InChI is InChI=1S/C54H36FN/c55-53-34-33-49(54-48(22-12-24-51(53)54)40-15-5-2-6-16-40)41-27-31-44(32-28-41)56(43-29-25-38(26-30-43)37-13-3-1-4-14-37)45-35-42-18-8-10-21-47(42)52(36-45)50-23-11-19-39-17-7-9-20-46(39)50/h1-36H. The molecule has 0 bridgehead atoms. The van der Waals surface area contributed by atoms with E-state index in [9.17, 15) is 0 Å². The van der Waals surface area contributed by atoms with Crippen LogP contribution in [-0.2, 0) is 0 Å². The van der Waals surface area contributed by atoms with Gasteiger partial charge in [-0.2, -0.15) is 0 Å². The molecule has 0 heterocycles. The van der Waals surface area contributed by atoms with E-state index in [1.165, 1.54) is 38.2 Å². The number of benzene rings is 10. The average Bonchev–Trinajstić information content (AvgIpc) is 3.27. The van der Waals surface area contributed by atoms with E-state index in [0.717, 1.165) is 50.3 Å². The molecule has 56 heavy (non-hydrogen) atoms. The van der Waals surface area contributed by atoms with Gasteiger partial charge in [-0.3, -0.25) is 0 Å². The Balaban J connectivity index is 1.15. The molecule has 0 spiro atoms. The Kier molecular flexibility index (Phi) is 8.42. The molecule has 1 nitrogen and oxygen atoms in total. The van der Waals surface area contributed by atoms with Gasteiger partial charge < -0.3 is 4.90 Å². The van der Waals surface area contributed by atoms with Crippen molar-refractivity contribution >= 4 is 49.4 Å². The summed E-state index contributed by atoms with van der Waals surface area (Å²) in [7, 11) is 0. The number of fused-ring (bicyclic) bond motifs is 3. The highest BCUT2D eigenvalue weighted by atomic mass is 19.1. The summed E-state index contributed by atoms with van der Waals surface area (Å²) in [5, 5.41) is 6.34. The largest absolute Gasteiger partial charge is 0.310 e. The Hall–Kier alpha value is -7.29. The lowest BCUT2D eigenvalue weighted by molar-refractivity contribution is 0.640. The SMILES string of the molecule is Fc1ccc(-c2ccc(N(c3ccc(-c4ccccc4)cc3)c3cc(-c4cccc5ccccc45)c4ccccc4c3)cc2)c2c(-c3ccccc3)cccc12. The third-order valence-electron chi connectivity index (χ3n) is 10.9. The van der Waals surface area contributed by atoms with Crippen molar-refractivity contribution in [1.82, 2.24) is 0 Å². The topological polar surface area (TPSA) is 3.24 Å². The molecule has 0 amide bonds. The van der Waals surface area contributed by atoms with Gasteiger partial charge in [0.2, 0.25) is 0 Å². The van der Waals surface area contributed by atoms with Crippen molar-refractivity contribution in [3.8, 4) is 44.5 Å². The molecule has 0 N–H and O–H groups in total. The Bertz CT molecular complexity index is 3000. The first-order valence-corrected chi connectivity index (χ1v) is 19.0. The third-order valence-corrected chi connectivity index (χ3v) is 10.9. The van der Waals surface area contributed by atoms with Gasteiger partial charge in [0.15, 0.2) is 0 Å². The van der Waals surface area contributed by atoms with Crippen molar-refractivity contribution in [1.29, 1.82) is 0 Å². The van der Waals surface area contributed by atoms with Gasteiger partial charge in [-0.25, -0.2) is 4.39 Å². The first-order valence-electron chi connectivity index (χ1n) is 19.0. The Morgan fingerprint density at radius 2 is 0.768 bits per heavy atom. The summed E-state index contributed by atoms with van der Waals surface area (Å²) < 4.78 is 15.4. The number of nitrogens with zero attached hydrogens (tertiary/aromatic N) is 1. The number of halogens is 1. The Morgan fingerprint density at radius 3 is 1.48 bits per heavy atom. The second-order valence-corrected chi connectivity index (χ2v) is 14.2. The van der Waals surface area contributed by atoms with E-state index in [0.29, 0.717) is 5.39 Å². The van der Waals surface area contributed by atoms with Gasteiger partial charge >= 0.3 is 0 Å². The molecule has 0 aliphatic heterocycles. The summed E-state index contributed by atoms with van der Waals surface area (Å²) >= 11 is 0. The van der Waals surface area contributed by atoms with Crippen LogP contribution in [0.25, 0.3) is 76.8 Å². The molecule has 2 heteroatoms. The van der Waals surface area contributed by atoms with Gasteiger partial charge in [-0.15, -0.1) is 0 Å². The van der Waals surface area contributed by atoms with Crippen molar-refractivity contribution in [3.63, 3.8) is 0 Å². The molecule has 264 valence electrons. The highest BCUT2D eigenvalue weighted by Crippen LogP contribution is 2.44. The molecular weight excluding hydrogens is 682 g/mol. The maximum atomic E-state index is 15.4. The van der Waals surface area contributed by atoms with Gasteiger partial charge in [0.25, 0.3) is 0 Å². The van der Waals surface area contributed by atoms with Crippen molar-refractivity contribution in [2.75, 3.05) is 4.90 Å². The molecule has 10 rings (SSSR count). The van der Waals surface area contributed by atoms with Crippen LogP contribution in [0.2, 0.25) is 0 Å². The molecule has 0 atom stereocenters. The van der Waals surface area contributed by atoms with Gasteiger partial charge in [0, 0.05) is 27.8 Å². The van der Waals surface area contributed by atoms with E-state index >= 15 is 4.39 Å². The molecule has 0 unspecified atom stereocenters. The lowest BCUT2D eigenvalue weighted by Gasteiger charge is -2.27. The first-order chi connectivity index (χ1) is 27.7. The van der Waals surface area contributed by atoms with Crippen LogP contribution < -0.4 is 4.90 Å². The quantitative estimate of drug-likeness (QED) is 0.159. The fourth-order valence-corrected chi connectivity index (χ4v) is 8.25. The van der Waals surface area contributed by atoms with Gasteiger partial charge in [0.05, 0.1) is 0 Å². The molecular formula is C54H36FN. The van der Waals surface area contributed by atoms with E-state index in [1.54, 1.807) is 6.07 Å². The summed E-state index contributed by atoms with van der Waals surface area (Å²) in [6.45, 7) is 0. The van der Waals surface area contributed by atoms with Gasteiger partial charge in [0.1, 0.15) is 5.82 Å². The molecule has 0 fully saturated rings. The van der Waals surface area contributed by atoms with E-state index in [-0.39, 0.29) is 5.82 Å². The van der Waals surface area contributed by atoms with Crippen LogP contribution in [0.15, 0.2) is 218 Å². The zero-order chi connectivity index (χ0) is 37.4. The first kappa shape index (κ1) is 33.3. The molecule has 0 aliphatic carbocycles. The normalized spacial score (nSPS) is 11.3. The van der Waals surface area contributed by atoms with Crippen LogP contribution in [-0.4, -0.2) is 0 Å². The number of hydrogen-bond acceptors (Lipinski definition) is 1. The Labute approximate surface area is 326 Å².